The smallest absolute Gasteiger partial charge is 0.261 e. The van der Waals surface area contributed by atoms with Crippen LogP contribution in [0.1, 0.15) is 0 Å². The number of benzene rings is 2. The van der Waals surface area contributed by atoms with Crippen molar-refractivity contribution in [1.29, 1.82) is 0 Å². The molecule has 0 aliphatic heterocycles. The number of hydrogen-bond acceptors (Lipinski definition) is 7. The zero-order chi connectivity index (χ0) is 18.2. The molecule has 0 amide bonds. The molecule has 0 atom stereocenters. The van der Waals surface area contributed by atoms with Gasteiger partial charge in [-0.25, -0.2) is 0 Å². The lowest BCUT2D eigenvalue weighted by Crippen LogP contribution is -2.09. The highest BCUT2D eigenvalue weighted by Gasteiger charge is 2.20. The van der Waals surface area contributed by atoms with Crippen LogP contribution in [0.15, 0.2) is 75.7 Å². The van der Waals surface area contributed by atoms with E-state index in [1.165, 1.54) is 15.9 Å². The largest absolute Gasteiger partial charge is 0.289 e. The maximum atomic E-state index is 12.7. The summed E-state index contributed by atoms with van der Waals surface area (Å²) in [5.41, 5.74) is 2.07. The van der Waals surface area contributed by atoms with Crippen LogP contribution in [0.2, 0.25) is 0 Å². The third-order valence-electron chi connectivity index (χ3n) is 4.06. The molecule has 9 heteroatoms. The fourth-order valence-electron chi connectivity index (χ4n) is 2.87. The van der Waals surface area contributed by atoms with Gasteiger partial charge >= 0.3 is 0 Å². The van der Waals surface area contributed by atoms with Crippen LogP contribution in [-0.4, -0.2) is 25.0 Å². The van der Waals surface area contributed by atoms with Crippen molar-refractivity contribution in [2.75, 3.05) is 0 Å². The van der Waals surface area contributed by atoms with Gasteiger partial charge < -0.3 is 0 Å². The summed E-state index contributed by atoms with van der Waals surface area (Å²) in [6.45, 7) is 0. The number of nitrogens with zero attached hydrogens (tertiary/aromatic N) is 6. The summed E-state index contributed by atoms with van der Waals surface area (Å²) in [4.78, 5) is 16.1. The van der Waals surface area contributed by atoms with E-state index in [1.54, 1.807) is 0 Å². The SMILES string of the molecule is O=c1[nH]c2nnnn2c2sc(N=Nc3ccccc3)c(-c3ccccc3)c12. The number of rotatable bonds is 3. The number of thiophene rings is 1. The van der Waals surface area contributed by atoms with Gasteiger partial charge in [-0.05, 0) is 28.1 Å². The molecule has 8 nitrogen and oxygen atoms in total. The molecule has 0 aliphatic rings. The molecule has 27 heavy (non-hydrogen) atoms. The van der Waals surface area contributed by atoms with Gasteiger partial charge in [-0.15, -0.1) is 10.2 Å². The van der Waals surface area contributed by atoms with Crippen LogP contribution in [0.25, 0.3) is 27.1 Å². The van der Waals surface area contributed by atoms with Gasteiger partial charge in [0.2, 0.25) is 0 Å². The molecule has 5 aromatic rings. The van der Waals surface area contributed by atoms with E-state index in [9.17, 15) is 4.79 Å². The summed E-state index contributed by atoms with van der Waals surface area (Å²) in [5.74, 6) is 0.292. The maximum Gasteiger partial charge on any atom is 0.261 e. The number of hydrogen-bond donors (Lipinski definition) is 1. The first kappa shape index (κ1) is 15.5. The van der Waals surface area contributed by atoms with Crippen LogP contribution in [0.4, 0.5) is 10.7 Å². The Bertz CT molecular complexity index is 1340. The number of azo groups is 1. The normalized spacial score (nSPS) is 11.7. The van der Waals surface area contributed by atoms with Gasteiger partial charge in [0.1, 0.15) is 9.83 Å². The van der Waals surface area contributed by atoms with Gasteiger partial charge in [0.05, 0.1) is 11.1 Å². The van der Waals surface area contributed by atoms with Crippen molar-refractivity contribution in [3.63, 3.8) is 0 Å². The molecule has 0 spiro atoms. The molecule has 0 aliphatic carbocycles. The van der Waals surface area contributed by atoms with Crippen molar-refractivity contribution >= 4 is 38.0 Å². The molecule has 0 saturated heterocycles. The zero-order valence-corrected chi connectivity index (χ0v) is 14.6. The maximum absolute atomic E-state index is 12.7. The summed E-state index contributed by atoms with van der Waals surface area (Å²) in [6.07, 6.45) is 0. The Hall–Kier alpha value is -3.72. The molecule has 3 aromatic heterocycles. The Kier molecular flexibility index (Phi) is 3.58. The highest BCUT2D eigenvalue weighted by Crippen LogP contribution is 2.43. The molecule has 0 fully saturated rings. The second kappa shape index (κ2) is 6.22. The topological polar surface area (TPSA) is 101 Å². The Morgan fingerprint density at radius 2 is 1.70 bits per heavy atom. The predicted molar refractivity (Wildman–Crippen MR) is 103 cm³/mol. The first-order valence-electron chi connectivity index (χ1n) is 8.10. The molecule has 5 rings (SSSR count). The molecule has 1 N–H and O–H groups in total. The first-order chi connectivity index (χ1) is 13.3. The van der Waals surface area contributed by atoms with Crippen LogP contribution in [0.3, 0.4) is 0 Å². The van der Waals surface area contributed by atoms with E-state index in [0.717, 1.165) is 11.3 Å². The zero-order valence-electron chi connectivity index (χ0n) is 13.8. The van der Waals surface area contributed by atoms with Crippen LogP contribution in [-0.2, 0) is 0 Å². The van der Waals surface area contributed by atoms with Crippen molar-refractivity contribution in [3.8, 4) is 11.1 Å². The summed E-state index contributed by atoms with van der Waals surface area (Å²) in [5, 5.41) is 21.3. The quantitative estimate of drug-likeness (QED) is 0.481. The Morgan fingerprint density at radius 3 is 2.48 bits per heavy atom. The molecule has 3 heterocycles. The van der Waals surface area contributed by atoms with Crippen LogP contribution in [0.5, 0.6) is 0 Å². The lowest BCUT2D eigenvalue weighted by Gasteiger charge is -2.01. The third kappa shape index (κ3) is 2.61. The van der Waals surface area contributed by atoms with Gasteiger partial charge in [0.15, 0.2) is 0 Å². The molecule has 0 bridgehead atoms. The fourth-order valence-corrected chi connectivity index (χ4v) is 3.97. The van der Waals surface area contributed by atoms with Gasteiger partial charge in [-0.3, -0.25) is 9.78 Å². The third-order valence-corrected chi connectivity index (χ3v) is 5.11. The number of tetrazole rings is 1. The monoisotopic (exact) mass is 373 g/mol. The van der Waals surface area contributed by atoms with E-state index in [4.69, 9.17) is 0 Å². The minimum absolute atomic E-state index is 0.261. The summed E-state index contributed by atoms with van der Waals surface area (Å²) in [6, 6.07) is 19.1. The Labute approximate surface area is 155 Å². The van der Waals surface area contributed by atoms with Crippen LogP contribution < -0.4 is 5.56 Å². The Balaban J connectivity index is 1.82. The van der Waals surface area contributed by atoms with Gasteiger partial charge in [-0.2, -0.15) is 4.52 Å². The predicted octanol–water partition coefficient (Wildman–Crippen LogP) is 4.11. The summed E-state index contributed by atoms with van der Waals surface area (Å²) < 4.78 is 1.51. The average Bonchev–Trinajstić information content (AvgIpc) is 3.32. The lowest BCUT2D eigenvalue weighted by molar-refractivity contribution is 0.843. The van der Waals surface area contributed by atoms with Gasteiger partial charge in [-0.1, -0.05) is 65.0 Å². The fraction of sp³-hybridized carbons (Fsp3) is 0. The summed E-state index contributed by atoms with van der Waals surface area (Å²) >= 11 is 1.33. The highest BCUT2D eigenvalue weighted by molar-refractivity contribution is 7.23. The second-order valence-electron chi connectivity index (χ2n) is 5.73. The molecular weight excluding hydrogens is 362 g/mol. The van der Waals surface area contributed by atoms with Gasteiger partial charge in [0, 0.05) is 5.56 Å². The van der Waals surface area contributed by atoms with Crippen molar-refractivity contribution in [2.24, 2.45) is 10.2 Å². The van der Waals surface area contributed by atoms with E-state index in [1.807, 2.05) is 60.7 Å². The number of H-pyrrole nitrogens is 1. The number of aromatic amines is 1. The summed E-state index contributed by atoms with van der Waals surface area (Å²) in [7, 11) is 0. The first-order valence-corrected chi connectivity index (χ1v) is 8.92. The minimum atomic E-state index is -0.261. The standard InChI is InChI=1S/C18H11N7OS/c26-15-14-13(11-7-3-1-4-8-11)16(21-20-12-9-5-2-6-10-12)27-17(14)25-18(19-15)22-23-24-25/h1-10H,(H,19,22,24,26). The van der Waals surface area contributed by atoms with Crippen molar-refractivity contribution in [1.82, 2.24) is 25.0 Å². The van der Waals surface area contributed by atoms with Crippen molar-refractivity contribution in [2.45, 2.75) is 0 Å². The minimum Gasteiger partial charge on any atom is -0.289 e. The number of fused-ring (bicyclic) bond motifs is 3. The van der Waals surface area contributed by atoms with E-state index in [2.05, 4.69) is 30.7 Å². The molecule has 0 radical (unpaired) electrons. The van der Waals surface area contributed by atoms with Crippen molar-refractivity contribution in [3.05, 3.63) is 71.0 Å². The molecular formula is C18H11N7OS. The average molecular weight is 373 g/mol. The molecule has 2 aromatic carbocycles. The van der Waals surface area contributed by atoms with Gasteiger partial charge in [0.25, 0.3) is 11.3 Å². The van der Waals surface area contributed by atoms with Crippen molar-refractivity contribution < 1.29 is 0 Å². The molecule has 0 saturated carbocycles. The highest BCUT2D eigenvalue weighted by atomic mass is 32.1. The van der Waals surface area contributed by atoms with E-state index >= 15 is 0 Å². The van der Waals surface area contributed by atoms with E-state index in [-0.39, 0.29) is 5.56 Å². The van der Waals surface area contributed by atoms with Crippen LogP contribution >= 0.6 is 11.3 Å². The molecule has 0 unspecified atom stereocenters. The lowest BCUT2D eigenvalue weighted by atomic mass is 10.1. The second-order valence-corrected chi connectivity index (χ2v) is 6.71. The van der Waals surface area contributed by atoms with E-state index in [0.29, 0.717) is 26.6 Å². The van der Waals surface area contributed by atoms with E-state index < -0.39 is 0 Å². The number of aromatic nitrogens is 5. The Morgan fingerprint density at radius 1 is 0.963 bits per heavy atom. The van der Waals surface area contributed by atoms with Crippen LogP contribution in [0, 0.1) is 0 Å². The molecule has 130 valence electrons. The number of nitrogens with one attached hydrogen (secondary N) is 1.